The Labute approximate surface area is 106 Å². The van der Waals surface area contributed by atoms with Crippen LogP contribution in [0.2, 0.25) is 0 Å². The predicted octanol–water partition coefficient (Wildman–Crippen LogP) is 3.80. The second kappa shape index (κ2) is 5.58. The van der Waals surface area contributed by atoms with E-state index in [1.54, 1.807) is 0 Å². The number of nitrogen functional groups attached to an aromatic ring is 1. The Morgan fingerprint density at radius 1 is 1.00 bits per heavy atom. The van der Waals surface area contributed by atoms with E-state index < -0.39 is 0 Å². The third kappa shape index (κ3) is 2.91. The summed E-state index contributed by atoms with van der Waals surface area (Å²) in [6, 6.07) is 6.12. The molecule has 0 aromatic heterocycles. The molecule has 0 bridgehead atoms. The van der Waals surface area contributed by atoms with Crippen molar-refractivity contribution in [3.8, 4) is 0 Å². The van der Waals surface area contributed by atoms with Crippen LogP contribution in [0, 0.1) is 0 Å². The van der Waals surface area contributed by atoms with Crippen LogP contribution in [0.1, 0.15) is 32.1 Å². The van der Waals surface area contributed by atoms with Gasteiger partial charge in [-0.25, -0.2) is 0 Å². The van der Waals surface area contributed by atoms with E-state index in [1.165, 1.54) is 37.8 Å². The number of nitrogens with two attached hydrogens (primary N) is 1. The van der Waals surface area contributed by atoms with Gasteiger partial charge in [-0.05, 0) is 31.0 Å². The van der Waals surface area contributed by atoms with Crippen LogP contribution in [0.4, 0.5) is 11.4 Å². The van der Waals surface area contributed by atoms with Gasteiger partial charge in [-0.2, -0.15) is 0 Å². The Balaban J connectivity index is 2.16. The molecule has 88 valence electrons. The molecule has 0 saturated carbocycles. The van der Waals surface area contributed by atoms with Gasteiger partial charge in [0.1, 0.15) is 0 Å². The quantitative estimate of drug-likeness (QED) is 0.794. The van der Waals surface area contributed by atoms with Crippen molar-refractivity contribution in [1.29, 1.82) is 0 Å². The van der Waals surface area contributed by atoms with Crippen molar-refractivity contribution in [3.05, 3.63) is 22.7 Å². The molecule has 0 unspecified atom stereocenters. The summed E-state index contributed by atoms with van der Waals surface area (Å²) in [6.45, 7) is 2.28. The number of anilines is 2. The Hall–Kier alpha value is -0.700. The highest BCUT2D eigenvalue weighted by atomic mass is 79.9. The Kier molecular flexibility index (Phi) is 4.10. The molecule has 0 atom stereocenters. The van der Waals surface area contributed by atoms with E-state index in [4.69, 9.17) is 5.73 Å². The molecule has 0 aliphatic carbocycles. The van der Waals surface area contributed by atoms with Gasteiger partial charge >= 0.3 is 0 Å². The summed E-state index contributed by atoms with van der Waals surface area (Å²) in [7, 11) is 0. The van der Waals surface area contributed by atoms with Crippen molar-refractivity contribution in [2.45, 2.75) is 32.1 Å². The van der Waals surface area contributed by atoms with E-state index in [9.17, 15) is 0 Å². The molecule has 2 nitrogen and oxygen atoms in total. The second-order valence-electron chi connectivity index (χ2n) is 4.46. The zero-order valence-corrected chi connectivity index (χ0v) is 11.2. The SMILES string of the molecule is Nc1ccc(Br)cc1N1CCCCCCC1. The zero-order chi connectivity index (χ0) is 11.4. The van der Waals surface area contributed by atoms with Crippen molar-refractivity contribution in [2.75, 3.05) is 23.7 Å². The minimum Gasteiger partial charge on any atom is -0.397 e. The van der Waals surface area contributed by atoms with Gasteiger partial charge < -0.3 is 10.6 Å². The smallest absolute Gasteiger partial charge is 0.0611 e. The standard InChI is InChI=1S/C13H19BrN2/c14-11-6-7-12(15)13(10-11)16-8-4-2-1-3-5-9-16/h6-7,10H,1-5,8-9,15H2. The largest absolute Gasteiger partial charge is 0.397 e. The van der Waals surface area contributed by atoms with Gasteiger partial charge in [0.25, 0.3) is 0 Å². The number of hydrogen-bond acceptors (Lipinski definition) is 2. The molecule has 0 radical (unpaired) electrons. The average molecular weight is 283 g/mol. The molecule has 1 aromatic carbocycles. The minimum atomic E-state index is 0.892. The zero-order valence-electron chi connectivity index (χ0n) is 9.58. The van der Waals surface area contributed by atoms with Crippen molar-refractivity contribution >= 4 is 27.3 Å². The molecule has 1 aliphatic rings. The molecule has 16 heavy (non-hydrogen) atoms. The molecule has 1 heterocycles. The number of benzene rings is 1. The lowest BCUT2D eigenvalue weighted by Gasteiger charge is -2.28. The molecular formula is C13H19BrN2. The van der Waals surface area contributed by atoms with E-state index in [0.29, 0.717) is 0 Å². The van der Waals surface area contributed by atoms with Crippen LogP contribution < -0.4 is 10.6 Å². The maximum Gasteiger partial charge on any atom is 0.0611 e. The first-order chi connectivity index (χ1) is 7.77. The topological polar surface area (TPSA) is 29.3 Å². The van der Waals surface area contributed by atoms with Gasteiger partial charge in [-0.3, -0.25) is 0 Å². The summed E-state index contributed by atoms with van der Waals surface area (Å²) in [5.74, 6) is 0. The number of halogens is 1. The Bertz CT molecular complexity index is 344. The van der Waals surface area contributed by atoms with E-state index in [1.807, 2.05) is 12.1 Å². The maximum absolute atomic E-state index is 6.05. The third-order valence-corrected chi connectivity index (χ3v) is 3.68. The summed E-state index contributed by atoms with van der Waals surface area (Å²) in [6.07, 6.45) is 6.66. The molecule has 0 amide bonds. The lowest BCUT2D eigenvalue weighted by molar-refractivity contribution is 0.557. The lowest BCUT2D eigenvalue weighted by atomic mass is 10.1. The first-order valence-corrected chi connectivity index (χ1v) is 6.86. The van der Waals surface area contributed by atoms with Crippen molar-refractivity contribution in [2.24, 2.45) is 0 Å². The Morgan fingerprint density at radius 3 is 2.31 bits per heavy atom. The van der Waals surface area contributed by atoms with Gasteiger partial charge in [-0.15, -0.1) is 0 Å². The van der Waals surface area contributed by atoms with Gasteiger partial charge in [-0.1, -0.05) is 35.2 Å². The van der Waals surface area contributed by atoms with Crippen LogP contribution in [-0.2, 0) is 0 Å². The first kappa shape index (κ1) is 11.8. The van der Waals surface area contributed by atoms with E-state index in [-0.39, 0.29) is 0 Å². The van der Waals surface area contributed by atoms with Crippen molar-refractivity contribution in [1.82, 2.24) is 0 Å². The van der Waals surface area contributed by atoms with Crippen molar-refractivity contribution < 1.29 is 0 Å². The molecule has 0 spiro atoms. The van der Waals surface area contributed by atoms with Crippen LogP contribution in [0.25, 0.3) is 0 Å². The Morgan fingerprint density at radius 2 is 1.62 bits per heavy atom. The fourth-order valence-corrected chi connectivity index (χ4v) is 2.63. The van der Waals surface area contributed by atoms with Crippen LogP contribution in [-0.4, -0.2) is 13.1 Å². The van der Waals surface area contributed by atoms with E-state index >= 15 is 0 Å². The predicted molar refractivity (Wildman–Crippen MR) is 73.9 cm³/mol. The van der Waals surface area contributed by atoms with Crippen molar-refractivity contribution in [3.63, 3.8) is 0 Å². The van der Waals surface area contributed by atoms with E-state index in [2.05, 4.69) is 26.9 Å². The van der Waals surface area contributed by atoms with Crippen LogP contribution in [0.5, 0.6) is 0 Å². The number of nitrogens with zero attached hydrogens (tertiary/aromatic N) is 1. The number of rotatable bonds is 1. The molecule has 1 aliphatic heterocycles. The highest BCUT2D eigenvalue weighted by molar-refractivity contribution is 9.10. The summed E-state index contributed by atoms with van der Waals surface area (Å²) < 4.78 is 1.11. The lowest BCUT2D eigenvalue weighted by Crippen LogP contribution is -2.27. The molecule has 2 rings (SSSR count). The summed E-state index contributed by atoms with van der Waals surface area (Å²) in [5.41, 5.74) is 8.13. The molecule has 2 N–H and O–H groups in total. The number of hydrogen-bond donors (Lipinski definition) is 1. The molecule has 3 heteroatoms. The molecule has 1 saturated heterocycles. The van der Waals surface area contributed by atoms with Gasteiger partial charge in [0, 0.05) is 17.6 Å². The molecule has 1 fully saturated rings. The molecule has 1 aromatic rings. The van der Waals surface area contributed by atoms with Gasteiger partial charge in [0.05, 0.1) is 11.4 Å². The van der Waals surface area contributed by atoms with Gasteiger partial charge in [0.15, 0.2) is 0 Å². The van der Waals surface area contributed by atoms with Crippen LogP contribution in [0.3, 0.4) is 0 Å². The highest BCUT2D eigenvalue weighted by Crippen LogP contribution is 2.28. The first-order valence-electron chi connectivity index (χ1n) is 6.07. The summed E-state index contributed by atoms with van der Waals surface area (Å²) >= 11 is 3.52. The maximum atomic E-state index is 6.05. The van der Waals surface area contributed by atoms with E-state index in [0.717, 1.165) is 23.2 Å². The normalized spacial score (nSPS) is 17.9. The fraction of sp³-hybridized carbons (Fsp3) is 0.538. The third-order valence-electron chi connectivity index (χ3n) is 3.19. The fourth-order valence-electron chi connectivity index (χ4n) is 2.28. The van der Waals surface area contributed by atoms with Crippen LogP contribution in [0.15, 0.2) is 22.7 Å². The second-order valence-corrected chi connectivity index (χ2v) is 5.37. The van der Waals surface area contributed by atoms with Crippen LogP contribution >= 0.6 is 15.9 Å². The summed E-state index contributed by atoms with van der Waals surface area (Å²) in [5, 5.41) is 0. The molecular weight excluding hydrogens is 264 g/mol. The highest BCUT2D eigenvalue weighted by Gasteiger charge is 2.11. The van der Waals surface area contributed by atoms with Gasteiger partial charge in [0.2, 0.25) is 0 Å². The average Bonchev–Trinajstić information content (AvgIpc) is 2.22. The summed E-state index contributed by atoms with van der Waals surface area (Å²) in [4.78, 5) is 2.43. The minimum absolute atomic E-state index is 0.892. The monoisotopic (exact) mass is 282 g/mol.